The molecule has 0 fully saturated rings. The zero-order chi connectivity index (χ0) is 13.5. The molecule has 0 amide bonds. The number of hydrogen-bond acceptors (Lipinski definition) is 9. The van der Waals surface area contributed by atoms with E-state index in [2.05, 4.69) is 0 Å². The summed E-state index contributed by atoms with van der Waals surface area (Å²) in [7, 11) is -11.8. The first-order valence-corrected chi connectivity index (χ1v) is 8.17. The zero-order valence-corrected chi connectivity index (χ0v) is 11.8. The Balaban J connectivity index is -0.0000000655. The summed E-state index contributed by atoms with van der Waals surface area (Å²) < 4.78 is 81.7. The van der Waals surface area contributed by atoms with Gasteiger partial charge in [0.2, 0.25) is 0 Å². The zero-order valence-electron chi connectivity index (χ0n) is 8.25. The van der Waals surface area contributed by atoms with Gasteiger partial charge >= 0.3 is 17.1 Å². The van der Waals surface area contributed by atoms with Crippen molar-refractivity contribution in [1.82, 2.24) is 0 Å². The van der Waals surface area contributed by atoms with Gasteiger partial charge in [-0.3, -0.25) is 0 Å². The molecule has 0 aliphatic heterocycles. The van der Waals surface area contributed by atoms with Crippen LogP contribution in [-0.4, -0.2) is 57.7 Å². The second kappa shape index (κ2) is 9.30. The van der Waals surface area contributed by atoms with Crippen molar-refractivity contribution in [3.63, 3.8) is 0 Å². The summed E-state index contributed by atoms with van der Waals surface area (Å²) in [6, 6.07) is 0. The van der Waals surface area contributed by atoms with Crippen LogP contribution in [0.5, 0.6) is 0 Å². The van der Waals surface area contributed by atoms with Crippen molar-refractivity contribution in [2.75, 3.05) is 18.8 Å². The van der Waals surface area contributed by atoms with Crippen LogP contribution in [0.2, 0.25) is 0 Å². The van der Waals surface area contributed by atoms with Crippen LogP contribution in [0.4, 0.5) is 0 Å². The Morgan fingerprint density at radius 2 is 0.562 bits per heavy atom. The van der Waals surface area contributed by atoms with Crippen LogP contribution in [-0.2, 0) is 47.4 Å². The fourth-order valence-electron chi connectivity index (χ4n) is 0. The van der Waals surface area contributed by atoms with Crippen molar-refractivity contribution in [2.24, 2.45) is 0 Å². The fraction of sp³-hybridized carbons (Fsp3) is 1.00. The molecule has 0 aromatic carbocycles. The van der Waals surface area contributed by atoms with E-state index in [0.29, 0.717) is 18.8 Å². The van der Waals surface area contributed by atoms with Crippen LogP contribution >= 0.6 is 0 Å². The first kappa shape index (κ1) is 25.2. The van der Waals surface area contributed by atoms with Gasteiger partial charge in [0, 0.05) is 18.8 Å². The molecule has 0 aliphatic rings. The van der Waals surface area contributed by atoms with Gasteiger partial charge in [-0.2, -0.15) is 0 Å². The third-order valence-electron chi connectivity index (χ3n) is 0. The SMILES string of the molecule is CS(=O)(=O)[O-].CS(=O)(=O)[O-].CS(=O)(=O)[O-].[Fe+3]. The molecule has 0 N–H and O–H groups in total. The van der Waals surface area contributed by atoms with Gasteiger partial charge in [0.15, 0.2) is 0 Å². The van der Waals surface area contributed by atoms with E-state index >= 15 is 0 Å². The van der Waals surface area contributed by atoms with Gasteiger partial charge in [0.1, 0.15) is 0 Å². The summed E-state index contributed by atoms with van der Waals surface area (Å²) in [5.41, 5.74) is 0. The van der Waals surface area contributed by atoms with E-state index in [9.17, 15) is 0 Å². The summed E-state index contributed by atoms with van der Waals surface area (Å²) in [6.45, 7) is 0. The molecule has 0 rings (SSSR count). The quantitative estimate of drug-likeness (QED) is 0.340. The predicted molar refractivity (Wildman–Crippen MR) is 46.9 cm³/mol. The van der Waals surface area contributed by atoms with Crippen LogP contribution in [0, 0.1) is 0 Å². The van der Waals surface area contributed by atoms with E-state index in [1.807, 2.05) is 0 Å². The molecule has 101 valence electrons. The van der Waals surface area contributed by atoms with Crippen LogP contribution in [0.15, 0.2) is 0 Å². The molecule has 16 heavy (non-hydrogen) atoms. The minimum atomic E-state index is -3.92. The van der Waals surface area contributed by atoms with Gasteiger partial charge in [-0.1, -0.05) is 0 Å². The van der Waals surface area contributed by atoms with E-state index in [4.69, 9.17) is 38.9 Å². The Bertz CT molecular complexity index is 347. The van der Waals surface area contributed by atoms with Gasteiger partial charge in [-0.25, -0.2) is 25.3 Å². The minimum Gasteiger partial charge on any atom is -0.748 e. The molecular weight excluding hydrogens is 332 g/mol. The monoisotopic (exact) mass is 341 g/mol. The van der Waals surface area contributed by atoms with Gasteiger partial charge in [-0.05, 0) is 0 Å². The molecule has 13 heteroatoms. The Morgan fingerprint density at radius 3 is 0.562 bits per heavy atom. The third-order valence-corrected chi connectivity index (χ3v) is 0. The van der Waals surface area contributed by atoms with Crippen LogP contribution < -0.4 is 0 Å². The molecule has 0 unspecified atom stereocenters. The molecule has 0 bridgehead atoms. The van der Waals surface area contributed by atoms with Gasteiger partial charge in [0.25, 0.3) is 0 Å². The molecule has 0 heterocycles. The van der Waals surface area contributed by atoms with Gasteiger partial charge in [-0.15, -0.1) is 0 Å². The molecule has 0 spiro atoms. The van der Waals surface area contributed by atoms with E-state index in [1.54, 1.807) is 0 Å². The van der Waals surface area contributed by atoms with E-state index in [1.165, 1.54) is 0 Å². The molecule has 0 aromatic heterocycles. The first-order valence-electron chi connectivity index (χ1n) is 2.72. The molecule has 0 saturated heterocycles. The van der Waals surface area contributed by atoms with Crippen LogP contribution in [0.3, 0.4) is 0 Å². The topological polar surface area (TPSA) is 172 Å². The fourth-order valence-corrected chi connectivity index (χ4v) is 0. The Kier molecular flexibility index (Phi) is 14.6. The molecule has 0 atom stereocenters. The largest absolute Gasteiger partial charge is 3.00 e. The Hall–Kier alpha value is 0.249. The van der Waals surface area contributed by atoms with Crippen molar-refractivity contribution in [3.8, 4) is 0 Å². The second-order valence-corrected chi connectivity index (χ2v) is 6.34. The summed E-state index contributed by atoms with van der Waals surface area (Å²) in [6.07, 6.45) is 1.81. The molecular formula is C3H9FeO9S3. The number of hydrogen-bond donors (Lipinski definition) is 0. The summed E-state index contributed by atoms with van der Waals surface area (Å²) in [5.74, 6) is 0. The average Bonchev–Trinajstić information content (AvgIpc) is 1.41. The van der Waals surface area contributed by atoms with E-state index < -0.39 is 30.4 Å². The van der Waals surface area contributed by atoms with Crippen molar-refractivity contribution < 1.29 is 56.0 Å². The van der Waals surface area contributed by atoms with Crippen molar-refractivity contribution >= 4 is 30.4 Å². The van der Waals surface area contributed by atoms with Crippen LogP contribution in [0.1, 0.15) is 0 Å². The molecule has 9 nitrogen and oxygen atoms in total. The standard InChI is InChI=1S/3CH4O3S.Fe/c3*1-5(2,3)4;/h3*1H3,(H,2,3,4);/q;;;+3/p-3. The smallest absolute Gasteiger partial charge is 0.748 e. The minimum absolute atomic E-state index is 0. The number of rotatable bonds is 0. The first-order chi connectivity index (χ1) is 6.00. The van der Waals surface area contributed by atoms with E-state index in [0.717, 1.165) is 0 Å². The Morgan fingerprint density at radius 1 is 0.562 bits per heavy atom. The molecule has 0 aromatic rings. The normalized spacial score (nSPS) is 10.9. The van der Waals surface area contributed by atoms with Gasteiger partial charge in [0.05, 0.1) is 30.4 Å². The average molecular weight is 341 g/mol. The summed E-state index contributed by atoms with van der Waals surface area (Å²) >= 11 is 0. The molecule has 0 saturated carbocycles. The second-order valence-electron chi connectivity index (χ2n) is 2.11. The van der Waals surface area contributed by atoms with Crippen molar-refractivity contribution in [2.45, 2.75) is 0 Å². The summed E-state index contributed by atoms with van der Waals surface area (Å²) in [5, 5.41) is 0. The van der Waals surface area contributed by atoms with E-state index in [-0.39, 0.29) is 17.1 Å². The van der Waals surface area contributed by atoms with Crippen molar-refractivity contribution in [1.29, 1.82) is 0 Å². The maximum Gasteiger partial charge on any atom is 3.00 e. The molecule has 0 aliphatic carbocycles. The Labute approximate surface area is 105 Å². The van der Waals surface area contributed by atoms with Crippen molar-refractivity contribution in [3.05, 3.63) is 0 Å². The maximum absolute atomic E-state index is 9.08. The predicted octanol–water partition coefficient (Wildman–Crippen LogP) is -2.52. The molecule has 1 radical (unpaired) electrons. The van der Waals surface area contributed by atoms with Crippen LogP contribution in [0.25, 0.3) is 0 Å². The maximum atomic E-state index is 9.08. The third kappa shape index (κ3) is 40200. The van der Waals surface area contributed by atoms with Gasteiger partial charge < -0.3 is 13.7 Å². The summed E-state index contributed by atoms with van der Waals surface area (Å²) in [4.78, 5) is 0.